The van der Waals surface area contributed by atoms with E-state index in [1.54, 1.807) is 37.2 Å². The van der Waals surface area contributed by atoms with Crippen molar-refractivity contribution in [2.45, 2.75) is 26.3 Å². The van der Waals surface area contributed by atoms with Crippen LogP contribution in [0.15, 0.2) is 30.1 Å². The second-order valence-electron chi connectivity index (χ2n) is 7.90. The quantitative estimate of drug-likeness (QED) is 0.410. The van der Waals surface area contributed by atoms with Crippen molar-refractivity contribution in [3.05, 3.63) is 52.6 Å². The number of nitrogens with zero attached hydrogens (tertiary/aromatic N) is 4. The Balaban J connectivity index is 1.67. The summed E-state index contributed by atoms with van der Waals surface area (Å²) in [6.45, 7) is 7.89. The number of rotatable bonds is 6. The minimum atomic E-state index is -0.688. The van der Waals surface area contributed by atoms with E-state index in [4.69, 9.17) is 4.74 Å². The van der Waals surface area contributed by atoms with Crippen LogP contribution in [-0.2, 0) is 14.3 Å². The first-order valence-electron chi connectivity index (χ1n) is 10.5. The molecule has 0 saturated carbocycles. The van der Waals surface area contributed by atoms with Crippen molar-refractivity contribution >= 4 is 17.4 Å². The second kappa shape index (κ2) is 8.99. The third kappa shape index (κ3) is 4.11. The van der Waals surface area contributed by atoms with E-state index in [0.717, 1.165) is 19.6 Å². The molecule has 0 aliphatic carbocycles. The van der Waals surface area contributed by atoms with Gasteiger partial charge in [-0.3, -0.25) is 24.6 Å². The molecule has 164 valence electrons. The summed E-state index contributed by atoms with van der Waals surface area (Å²) >= 11 is 0. The van der Waals surface area contributed by atoms with Gasteiger partial charge >= 0.3 is 0 Å². The van der Waals surface area contributed by atoms with Crippen LogP contribution in [0.2, 0.25) is 0 Å². The van der Waals surface area contributed by atoms with Crippen LogP contribution < -0.4 is 0 Å². The number of aryl methyl sites for hydroxylation is 2. The molecule has 1 amide bonds. The Bertz CT molecular complexity index is 975. The lowest BCUT2D eigenvalue weighted by atomic mass is 9.95. The maximum atomic E-state index is 13.0. The van der Waals surface area contributed by atoms with Crippen LogP contribution in [0.25, 0.3) is 5.76 Å². The third-order valence-corrected chi connectivity index (χ3v) is 5.88. The van der Waals surface area contributed by atoms with Gasteiger partial charge in [-0.2, -0.15) is 5.10 Å². The molecule has 31 heavy (non-hydrogen) atoms. The van der Waals surface area contributed by atoms with Gasteiger partial charge in [-0.15, -0.1) is 0 Å². The minimum absolute atomic E-state index is 0.0805. The number of ether oxygens (including phenoxy) is 1. The first-order chi connectivity index (χ1) is 15.0. The lowest BCUT2D eigenvalue weighted by molar-refractivity contribution is -0.140. The summed E-state index contributed by atoms with van der Waals surface area (Å²) in [5, 5.41) is 18.1. The van der Waals surface area contributed by atoms with Crippen LogP contribution in [0.5, 0.6) is 0 Å². The molecule has 0 aromatic carbocycles. The number of aliphatic hydroxyl groups is 1. The van der Waals surface area contributed by atoms with E-state index in [2.05, 4.69) is 20.1 Å². The minimum Gasteiger partial charge on any atom is -0.507 e. The highest BCUT2D eigenvalue weighted by atomic mass is 16.5. The number of aromatic nitrogens is 3. The molecule has 9 nitrogen and oxygen atoms in total. The number of hydrogen-bond acceptors (Lipinski definition) is 7. The lowest BCUT2D eigenvalue weighted by Gasteiger charge is -2.29. The number of pyridine rings is 1. The number of H-pyrrole nitrogens is 1. The standard InChI is InChI=1S/C22H27N5O4/c1-14-17(15(2)25-24-14)20(28)18-19(16-5-3-6-23-13-16)27(22(30)21(18)29)8-4-7-26-9-11-31-12-10-26/h3,5-6,13,19,28H,4,7-12H2,1-2H3,(H,24,25)/t19-/m0/s1. The molecule has 2 fully saturated rings. The van der Waals surface area contributed by atoms with Crippen molar-refractivity contribution in [3.8, 4) is 0 Å². The van der Waals surface area contributed by atoms with Crippen LogP contribution >= 0.6 is 0 Å². The number of likely N-dealkylation sites (tertiary alicyclic amines) is 1. The molecule has 0 spiro atoms. The molecular weight excluding hydrogens is 398 g/mol. The number of ketones is 1. The molecule has 2 N–H and O–H groups in total. The van der Waals surface area contributed by atoms with E-state index in [9.17, 15) is 14.7 Å². The number of amides is 1. The van der Waals surface area contributed by atoms with Crippen LogP contribution in [0, 0.1) is 13.8 Å². The van der Waals surface area contributed by atoms with Crippen LogP contribution in [-0.4, -0.2) is 81.2 Å². The molecular formula is C22H27N5O4. The summed E-state index contributed by atoms with van der Waals surface area (Å²) in [7, 11) is 0. The highest BCUT2D eigenvalue weighted by Crippen LogP contribution is 2.39. The van der Waals surface area contributed by atoms with E-state index < -0.39 is 17.7 Å². The first kappa shape index (κ1) is 21.2. The molecule has 0 bridgehead atoms. The van der Waals surface area contributed by atoms with Crippen LogP contribution in [0.3, 0.4) is 0 Å². The monoisotopic (exact) mass is 425 g/mol. The maximum absolute atomic E-state index is 13.0. The van der Waals surface area contributed by atoms with E-state index in [1.807, 2.05) is 6.07 Å². The second-order valence-corrected chi connectivity index (χ2v) is 7.90. The van der Waals surface area contributed by atoms with Gasteiger partial charge in [0.25, 0.3) is 11.7 Å². The fourth-order valence-electron chi connectivity index (χ4n) is 4.32. The smallest absolute Gasteiger partial charge is 0.295 e. The molecule has 9 heteroatoms. The lowest BCUT2D eigenvalue weighted by Crippen LogP contribution is -2.39. The topological polar surface area (TPSA) is 112 Å². The van der Waals surface area contributed by atoms with Crippen LogP contribution in [0.1, 0.15) is 35.0 Å². The summed E-state index contributed by atoms with van der Waals surface area (Å²) in [6.07, 6.45) is 3.99. The number of aromatic amines is 1. The number of hydrogen-bond donors (Lipinski definition) is 2. The Hall–Kier alpha value is -3.04. The Morgan fingerprint density at radius 1 is 1.26 bits per heavy atom. The van der Waals surface area contributed by atoms with Crippen molar-refractivity contribution in [1.82, 2.24) is 25.0 Å². The van der Waals surface area contributed by atoms with Crippen molar-refractivity contribution in [3.63, 3.8) is 0 Å². The van der Waals surface area contributed by atoms with Gasteiger partial charge in [-0.1, -0.05) is 6.07 Å². The average molecular weight is 425 g/mol. The first-order valence-corrected chi connectivity index (χ1v) is 10.5. The van der Waals surface area contributed by atoms with Gasteiger partial charge in [0.1, 0.15) is 5.76 Å². The van der Waals surface area contributed by atoms with Gasteiger partial charge in [-0.25, -0.2) is 0 Å². The van der Waals surface area contributed by atoms with Crippen molar-refractivity contribution < 1.29 is 19.4 Å². The maximum Gasteiger partial charge on any atom is 0.295 e. The number of Topliss-reactive ketones (excluding diaryl/α,β-unsaturated/α-hetero) is 1. The Labute approximate surface area is 180 Å². The van der Waals surface area contributed by atoms with Gasteiger partial charge in [0, 0.05) is 44.3 Å². The van der Waals surface area contributed by atoms with Gasteiger partial charge < -0.3 is 14.7 Å². The fourth-order valence-corrected chi connectivity index (χ4v) is 4.32. The summed E-state index contributed by atoms with van der Waals surface area (Å²) in [6, 6.07) is 2.89. The summed E-state index contributed by atoms with van der Waals surface area (Å²) in [5.41, 5.74) is 2.43. The van der Waals surface area contributed by atoms with Crippen LogP contribution in [0.4, 0.5) is 0 Å². The van der Waals surface area contributed by atoms with Gasteiger partial charge in [0.15, 0.2) is 0 Å². The van der Waals surface area contributed by atoms with E-state index in [0.29, 0.717) is 48.7 Å². The predicted octanol–water partition coefficient (Wildman–Crippen LogP) is 1.57. The zero-order valence-corrected chi connectivity index (χ0v) is 17.8. The molecule has 4 rings (SSSR count). The van der Waals surface area contributed by atoms with Gasteiger partial charge in [0.2, 0.25) is 0 Å². The highest BCUT2D eigenvalue weighted by Gasteiger charge is 2.46. The largest absolute Gasteiger partial charge is 0.507 e. The zero-order chi connectivity index (χ0) is 22.0. The molecule has 4 heterocycles. The number of carbonyl (C=O) groups excluding carboxylic acids is 2. The highest BCUT2D eigenvalue weighted by molar-refractivity contribution is 6.46. The number of carbonyl (C=O) groups is 2. The summed E-state index contributed by atoms with van der Waals surface area (Å²) < 4.78 is 5.38. The molecule has 2 aliphatic heterocycles. The Morgan fingerprint density at radius 2 is 2.03 bits per heavy atom. The van der Waals surface area contributed by atoms with E-state index in [1.165, 1.54) is 0 Å². The normalized spacial score (nSPS) is 21.7. The Kier molecular flexibility index (Phi) is 6.15. The van der Waals surface area contributed by atoms with Crippen molar-refractivity contribution in [2.75, 3.05) is 39.4 Å². The molecule has 2 saturated heterocycles. The molecule has 2 aromatic heterocycles. The summed E-state index contributed by atoms with van der Waals surface area (Å²) in [5.74, 6) is -1.49. The van der Waals surface area contributed by atoms with Gasteiger partial charge in [0.05, 0.1) is 36.1 Å². The molecule has 0 unspecified atom stereocenters. The number of morpholine rings is 1. The molecule has 1 atom stereocenters. The summed E-state index contributed by atoms with van der Waals surface area (Å²) in [4.78, 5) is 34.0. The predicted molar refractivity (Wildman–Crippen MR) is 113 cm³/mol. The van der Waals surface area contributed by atoms with Crippen molar-refractivity contribution in [2.24, 2.45) is 0 Å². The number of aliphatic hydroxyl groups excluding tert-OH is 1. The third-order valence-electron chi connectivity index (χ3n) is 5.88. The zero-order valence-electron chi connectivity index (χ0n) is 17.8. The molecule has 2 aliphatic rings. The van der Waals surface area contributed by atoms with Crippen molar-refractivity contribution in [1.29, 1.82) is 0 Å². The molecule has 2 aromatic rings. The van der Waals surface area contributed by atoms with E-state index in [-0.39, 0.29) is 11.3 Å². The SMILES string of the molecule is Cc1n[nH]c(C)c1C(O)=C1C(=O)C(=O)N(CCCN2CCOCC2)[C@H]1c1cccnc1. The number of nitrogens with one attached hydrogen (secondary N) is 1. The molecule has 0 radical (unpaired) electrons. The Morgan fingerprint density at radius 3 is 2.68 bits per heavy atom. The average Bonchev–Trinajstić information content (AvgIpc) is 3.25. The van der Waals surface area contributed by atoms with Gasteiger partial charge in [-0.05, 0) is 31.9 Å². The fraction of sp³-hybridized carbons (Fsp3) is 0.455. The van der Waals surface area contributed by atoms with E-state index >= 15 is 0 Å².